The second-order valence-corrected chi connectivity index (χ2v) is 8.19. The van der Waals surface area contributed by atoms with E-state index in [1.165, 1.54) is 11.2 Å². The van der Waals surface area contributed by atoms with Crippen molar-refractivity contribution in [1.29, 1.82) is 0 Å². The first-order valence-corrected chi connectivity index (χ1v) is 11.3. The summed E-state index contributed by atoms with van der Waals surface area (Å²) < 4.78 is 5.39. The minimum absolute atomic E-state index is 0.0884. The molecule has 0 bridgehead atoms. The Hall–Kier alpha value is -3.80. The highest BCUT2D eigenvalue weighted by molar-refractivity contribution is 6.36. The van der Waals surface area contributed by atoms with Crippen LogP contribution in [0.4, 0.5) is 11.4 Å². The van der Waals surface area contributed by atoms with Crippen LogP contribution in [0.5, 0.6) is 0 Å². The molecule has 6 nitrogen and oxygen atoms in total. The average Bonchev–Trinajstić information content (AvgIpc) is 3.39. The molecule has 170 valence electrons. The molecule has 0 aliphatic carbocycles. The largest absolute Gasteiger partial charge is 0.467 e. The zero-order chi connectivity index (χ0) is 23.5. The number of hydrogen-bond acceptors (Lipinski definition) is 5. The van der Waals surface area contributed by atoms with E-state index in [1.807, 2.05) is 56.3 Å². The summed E-state index contributed by atoms with van der Waals surface area (Å²) in [5.41, 5.74) is 5.34. The van der Waals surface area contributed by atoms with Crippen LogP contribution in [0.1, 0.15) is 36.3 Å². The van der Waals surface area contributed by atoms with Gasteiger partial charge in [0.1, 0.15) is 11.5 Å². The van der Waals surface area contributed by atoms with Crippen LogP contribution in [0, 0.1) is 13.8 Å². The molecular weight excluding hydrogens is 414 g/mol. The molecule has 0 radical (unpaired) electrons. The first kappa shape index (κ1) is 22.4. The third-order valence-electron chi connectivity index (χ3n) is 5.98. The summed E-state index contributed by atoms with van der Waals surface area (Å²) in [5, 5.41) is 3.24. The van der Waals surface area contributed by atoms with Crippen molar-refractivity contribution in [1.82, 2.24) is 4.90 Å². The van der Waals surface area contributed by atoms with Gasteiger partial charge in [0.05, 0.1) is 18.4 Å². The molecule has 1 aliphatic heterocycles. The number of hydrogen-bond donors (Lipinski definition) is 1. The number of furan rings is 1. The van der Waals surface area contributed by atoms with Crippen molar-refractivity contribution < 1.29 is 14.0 Å². The van der Waals surface area contributed by atoms with Gasteiger partial charge >= 0.3 is 0 Å². The van der Waals surface area contributed by atoms with Crippen molar-refractivity contribution in [2.75, 3.05) is 23.3 Å². The normalized spacial score (nSPS) is 13.8. The summed E-state index contributed by atoms with van der Waals surface area (Å²) in [6.07, 6.45) is 1.54. The highest BCUT2D eigenvalue weighted by Crippen LogP contribution is 2.33. The molecule has 0 spiro atoms. The lowest BCUT2D eigenvalue weighted by atomic mass is 9.97. The van der Waals surface area contributed by atoms with E-state index < -0.39 is 0 Å². The van der Waals surface area contributed by atoms with E-state index in [0.29, 0.717) is 11.3 Å². The third-order valence-corrected chi connectivity index (χ3v) is 5.98. The zero-order valence-corrected chi connectivity index (χ0v) is 19.5. The minimum Gasteiger partial charge on any atom is -0.467 e. The Labute approximate surface area is 194 Å². The SMILES string of the molecule is CCN(CC)c1ccc(NC2=C(c3ccc(C)cc3C)C(=O)N(Cc3ccco3)C2=O)cc1. The molecule has 2 heterocycles. The van der Waals surface area contributed by atoms with Gasteiger partial charge in [-0.1, -0.05) is 23.8 Å². The maximum Gasteiger partial charge on any atom is 0.278 e. The molecular formula is C27H29N3O3. The van der Waals surface area contributed by atoms with Crippen LogP contribution in [0.2, 0.25) is 0 Å². The van der Waals surface area contributed by atoms with Gasteiger partial charge in [-0.25, -0.2) is 0 Å². The minimum atomic E-state index is -0.362. The Morgan fingerprint density at radius 2 is 1.67 bits per heavy atom. The maximum atomic E-state index is 13.5. The molecule has 2 aromatic carbocycles. The lowest BCUT2D eigenvalue weighted by molar-refractivity contribution is -0.137. The number of carbonyl (C=O) groups is 2. The van der Waals surface area contributed by atoms with Gasteiger partial charge in [-0.15, -0.1) is 0 Å². The Morgan fingerprint density at radius 3 is 2.27 bits per heavy atom. The lowest BCUT2D eigenvalue weighted by Gasteiger charge is -2.21. The van der Waals surface area contributed by atoms with Gasteiger partial charge in [0.15, 0.2) is 0 Å². The van der Waals surface area contributed by atoms with Crippen LogP contribution >= 0.6 is 0 Å². The van der Waals surface area contributed by atoms with Crippen molar-refractivity contribution in [3.05, 3.63) is 89.0 Å². The number of amides is 2. The molecule has 0 unspecified atom stereocenters. The second kappa shape index (κ2) is 9.36. The van der Waals surface area contributed by atoms with Gasteiger partial charge in [-0.3, -0.25) is 14.5 Å². The Kier molecular flexibility index (Phi) is 6.36. The number of carbonyl (C=O) groups excluding carboxylic acids is 2. The van der Waals surface area contributed by atoms with E-state index in [4.69, 9.17) is 4.42 Å². The monoisotopic (exact) mass is 443 g/mol. The van der Waals surface area contributed by atoms with Crippen molar-refractivity contribution in [3.63, 3.8) is 0 Å². The number of rotatable bonds is 8. The molecule has 1 N–H and O–H groups in total. The Balaban J connectivity index is 1.72. The van der Waals surface area contributed by atoms with Gasteiger partial charge in [0, 0.05) is 24.5 Å². The fourth-order valence-corrected chi connectivity index (χ4v) is 4.23. The molecule has 1 aromatic heterocycles. The first-order chi connectivity index (χ1) is 15.9. The van der Waals surface area contributed by atoms with E-state index in [9.17, 15) is 9.59 Å². The lowest BCUT2D eigenvalue weighted by Crippen LogP contribution is -2.31. The average molecular weight is 444 g/mol. The van der Waals surface area contributed by atoms with Crippen LogP contribution in [0.3, 0.4) is 0 Å². The van der Waals surface area contributed by atoms with Gasteiger partial charge in [0.2, 0.25) is 0 Å². The Bertz CT molecular complexity index is 1190. The summed E-state index contributed by atoms with van der Waals surface area (Å²) in [6, 6.07) is 17.3. The second-order valence-electron chi connectivity index (χ2n) is 8.19. The molecule has 4 rings (SSSR count). The topological polar surface area (TPSA) is 65.8 Å². The third kappa shape index (κ3) is 4.42. The summed E-state index contributed by atoms with van der Waals surface area (Å²) in [5.74, 6) is -0.133. The standard InChI is InChI=1S/C27H29N3O3/c1-5-29(6-2)21-12-10-20(11-13-21)28-25-24(23-14-9-18(3)16-19(23)4)26(31)30(27(25)32)17-22-8-7-15-33-22/h7-16,28H,5-6,17H2,1-4H3. The number of nitrogens with one attached hydrogen (secondary N) is 1. The van der Waals surface area contributed by atoms with Crippen LogP contribution in [-0.2, 0) is 16.1 Å². The van der Waals surface area contributed by atoms with Gasteiger partial charge in [-0.2, -0.15) is 0 Å². The number of benzene rings is 2. The zero-order valence-electron chi connectivity index (χ0n) is 19.5. The number of nitrogens with zero attached hydrogens (tertiary/aromatic N) is 2. The number of aryl methyl sites for hydroxylation is 2. The number of anilines is 2. The molecule has 3 aromatic rings. The van der Waals surface area contributed by atoms with Crippen LogP contribution in [-0.4, -0.2) is 29.8 Å². The molecule has 6 heteroatoms. The van der Waals surface area contributed by atoms with Gasteiger partial charge in [0.25, 0.3) is 11.8 Å². The molecule has 0 saturated heterocycles. The Morgan fingerprint density at radius 1 is 0.939 bits per heavy atom. The van der Waals surface area contributed by atoms with E-state index in [1.54, 1.807) is 12.1 Å². The summed E-state index contributed by atoms with van der Waals surface area (Å²) in [7, 11) is 0. The molecule has 2 amide bonds. The highest BCUT2D eigenvalue weighted by Gasteiger charge is 2.40. The van der Waals surface area contributed by atoms with E-state index in [2.05, 4.69) is 24.1 Å². The van der Waals surface area contributed by atoms with Crippen molar-refractivity contribution >= 4 is 28.8 Å². The van der Waals surface area contributed by atoms with Crippen molar-refractivity contribution in [2.24, 2.45) is 0 Å². The first-order valence-electron chi connectivity index (χ1n) is 11.3. The fraction of sp³-hybridized carbons (Fsp3) is 0.259. The van der Waals surface area contributed by atoms with Gasteiger partial charge < -0.3 is 14.6 Å². The fourth-order valence-electron chi connectivity index (χ4n) is 4.23. The molecule has 0 atom stereocenters. The molecule has 1 aliphatic rings. The van der Waals surface area contributed by atoms with Gasteiger partial charge in [-0.05, 0) is 75.2 Å². The quantitative estimate of drug-likeness (QED) is 0.489. The van der Waals surface area contributed by atoms with Crippen LogP contribution in [0.15, 0.2) is 71.0 Å². The highest BCUT2D eigenvalue weighted by atomic mass is 16.3. The summed E-state index contributed by atoms with van der Waals surface area (Å²) in [6.45, 7) is 10.1. The molecule has 0 saturated carbocycles. The van der Waals surface area contributed by atoms with E-state index >= 15 is 0 Å². The van der Waals surface area contributed by atoms with Crippen molar-refractivity contribution in [3.8, 4) is 0 Å². The van der Waals surface area contributed by atoms with Crippen molar-refractivity contribution in [2.45, 2.75) is 34.2 Å². The van der Waals surface area contributed by atoms with Crippen LogP contribution < -0.4 is 10.2 Å². The molecule has 33 heavy (non-hydrogen) atoms. The maximum absolute atomic E-state index is 13.5. The summed E-state index contributed by atoms with van der Waals surface area (Å²) >= 11 is 0. The van der Waals surface area contributed by atoms with E-state index in [0.717, 1.165) is 41.2 Å². The smallest absolute Gasteiger partial charge is 0.278 e. The predicted molar refractivity (Wildman–Crippen MR) is 131 cm³/mol. The van der Waals surface area contributed by atoms with Crippen LogP contribution in [0.25, 0.3) is 5.57 Å². The number of imide groups is 1. The van der Waals surface area contributed by atoms with E-state index in [-0.39, 0.29) is 24.1 Å². The predicted octanol–water partition coefficient (Wildman–Crippen LogP) is 5.13. The molecule has 0 fully saturated rings. The summed E-state index contributed by atoms with van der Waals surface area (Å²) in [4.78, 5) is 30.4.